The van der Waals surface area contributed by atoms with Gasteiger partial charge in [-0.1, -0.05) is 23.8 Å². The maximum absolute atomic E-state index is 5.45. The second-order valence-electron chi connectivity index (χ2n) is 4.97. The Morgan fingerprint density at radius 3 is 2.00 bits per heavy atom. The summed E-state index contributed by atoms with van der Waals surface area (Å²) < 4.78 is 0. The fraction of sp³-hybridized carbons (Fsp3) is 0. The van der Waals surface area contributed by atoms with Gasteiger partial charge in [0.05, 0.1) is 15.3 Å². The van der Waals surface area contributed by atoms with Gasteiger partial charge in [0.15, 0.2) is 0 Å². The van der Waals surface area contributed by atoms with Crippen molar-refractivity contribution in [1.82, 2.24) is 0 Å². The largest absolute Gasteiger partial charge is 0.134 e. The maximum atomic E-state index is 5.45. The Morgan fingerprint density at radius 2 is 1.38 bits per heavy atom. The van der Waals surface area contributed by atoms with E-state index in [1.54, 1.807) is 34.0 Å². The SMILES string of the molecule is C#Cc1ccc(-c2ccc(-c3ccc(C#CC4=C=CC=C4)s3)s2)s1. The molecular formula is C21H10S3. The molecule has 0 N–H and O–H groups in total. The van der Waals surface area contributed by atoms with Gasteiger partial charge in [-0.25, -0.2) is 0 Å². The van der Waals surface area contributed by atoms with Gasteiger partial charge in [0.2, 0.25) is 0 Å². The highest BCUT2D eigenvalue weighted by atomic mass is 32.1. The molecule has 0 unspecified atom stereocenters. The van der Waals surface area contributed by atoms with E-state index in [1.807, 2.05) is 24.3 Å². The second-order valence-corrected chi connectivity index (χ2v) is 8.22. The predicted octanol–water partition coefficient (Wildman–Crippen LogP) is 6.19. The molecule has 4 rings (SSSR count). The summed E-state index contributed by atoms with van der Waals surface area (Å²) in [5, 5.41) is 0. The normalized spacial score (nSPS) is 11.9. The van der Waals surface area contributed by atoms with Crippen molar-refractivity contribution in [2.75, 3.05) is 0 Å². The first-order chi connectivity index (χ1) is 11.8. The van der Waals surface area contributed by atoms with Crippen LogP contribution in [0.3, 0.4) is 0 Å². The van der Waals surface area contributed by atoms with Crippen LogP contribution in [0.1, 0.15) is 9.75 Å². The van der Waals surface area contributed by atoms with Crippen LogP contribution < -0.4 is 0 Å². The Morgan fingerprint density at radius 1 is 0.750 bits per heavy atom. The zero-order valence-electron chi connectivity index (χ0n) is 12.5. The molecule has 0 saturated carbocycles. The van der Waals surface area contributed by atoms with Crippen molar-refractivity contribution in [3.8, 4) is 43.7 Å². The van der Waals surface area contributed by atoms with Gasteiger partial charge in [0.1, 0.15) is 0 Å². The Balaban J connectivity index is 1.58. The van der Waals surface area contributed by atoms with Crippen LogP contribution in [0.4, 0.5) is 0 Å². The molecule has 0 bridgehead atoms. The van der Waals surface area contributed by atoms with Crippen molar-refractivity contribution < 1.29 is 0 Å². The maximum Gasteiger partial charge on any atom is 0.0779 e. The van der Waals surface area contributed by atoms with Crippen LogP contribution in [0.25, 0.3) is 19.5 Å². The highest BCUT2D eigenvalue weighted by molar-refractivity contribution is 7.26. The molecule has 0 radical (unpaired) electrons. The van der Waals surface area contributed by atoms with Crippen LogP contribution in [0.5, 0.6) is 0 Å². The molecule has 0 nitrogen and oxygen atoms in total. The predicted molar refractivity (Wildman–Crippen MR) is 106 cm³/mol. The number of hydrogen-bond donors (Lipinski definition) is 0. The fourth-order valence-electron chi connectivity index (χ4n) is 2.23. The summed E-state index contributed by atoms with van der Waals surface area (Å²) in [7, 11) is 0. The quantitative estimate of drug-likeness (QED) is 0.378. The lowest BCUT2D eigenvalue weighted by molar-refractivity contribution is 1.85. The molecular weight excluding hydrogens is 348 g/mol. The minimum absolute atomic E-state index is 0.936. The lowest BCUT2D eigenvalue weighted by Gasteiger charge is -1.90. The standard InChI is InChI=1S/C21H10S3/c1-2-16-9-11-18(22-16)20-13-14-21(24-20)19-12-10-17(23-19)8-7-15-5-3-4-6-15/h1,3-5,9-14H. The van der Waals surface area contributed by atoms with Gasteiger partial charge < -0.3 is 0 Å². The second kappa shape index (κ2) is 6.54. The Labute approximate surface area is 153 Å². The number of thiophene rings is 3. The molecule has 0 aliphatic heterocycles. The topological polar surface area (TPSA) is 0 Å². The van der Waals surface area contributed by atoms with Gasteiger partial charge in [-0.05, 0) is 48.6 Å². The number of rotatable bonds is 2. The fourth-order valence-corrected chi connectivity index (χ4v) is 5.09. The Hall–Kier alpha value is -2.52. The van der Waals surface area contributed by atoms with E-state index >= 15 is 0 Å². The summed E-state index contributed by atoms with van der Waals surface area (Å²) in [6.07, 6.45) is 11.3. The first kappa shape index (κ1) is 15.0. The van der Waals surface area contributed by atoms with Gasteiger partial charge in [-0.3, -0.25) is 0 Å². The third kappa shape index (κ3) is 3.08. The molecule has 112 valence electrons. The van der Waals surface area contributed by atoms with Crippen LogP contribution in [0.2, 0.25) is 0 Å². The molecule has 0 aromatic carbocycles. The van der Waals surface area contributed by atoms with E-state index in [2.05, 4.69) is 53.8 Å². The van der Waals surface area contributed by atoms with Crippen LogP contribution in [-0.4, -0.2) is 0 Å². The zero-order chi connectivity index (χ0) is 16.4. The van der Waals surface area contributed by atoms with E-state index in [4.69, 9.17) is 6.42 Å². The molecule has 0 saturated heterocycles. The number of hydrogen-bond acceptors (Lipinski definition) is 3. The van der Waals surface area contributed by atoms with Crippen molar-refractivity contribution >= 4 is 34.0 Å². The van der Waals surface area contributed by atoms with Gasteiger partial charge in [-0.15, -0.1) is 46.2 Å². The van der Waals surface area contributed by atoms with E-state index in [0.717, 1.165) is 15.3 Å². The van der Waals surface area contributed by atoms with Crippen LogP contribution >= 0.6 is 34.0 Å². The number of allylic oxidation sites excluding steroid dienone is 3. The highest BCUT2D eigenvalue weighted by Gasteiger charge is 2.09. The van der Waals surface area contributed by atoms with Gasteiger partial charge in [0.25, 0.3) is 0 Å². The molecule has 24 heavy (non-hydrogen) atoms. The van der Waals surface area contributed by atoms with Gasteiger partial charge in [0, 0.05) is 19.5 Å². The van der Waals surface area contributed by atoms with Crippen LogP contribution in [0, 0.1) is 24.2 Å². The lowest BCUT2D eigenvalue weighted by atomic mass is 10.3. The van der Waals surface area contributed by atoms with E-state index in [1.165, 1.54) is 19.5 Å². The van der Waals surface area contributed by atoms with Crippen molar-refractivity contribution in [2.24, 2.45) is 0 Å². The van der Waals surface area contributed by atoms with Crippen molar-refractivity contribution in [3.05, 3.63) is 75.7 Å². The monoisotopic (exact) mass is 358 g/mol. The summed E-state index contributed by atoms with van der Waals surface area (Å²) in [4.78, 5) is 7.03. The van der Waals surface area contributed by atoms with Crippen molar-refractivity contribution in [1.29, 1.82) is 0 Å². The first-order valence-electron chi connectivity index (χ1n) is 7.24. The molecule has 3 aromatic heterocycles. The first-order valence-corrected chi connectivity index (χ1v) is 9.69. The molecule has 1 aliphatic carbocycles. The summed E-state index contributed by atoms with van der Waals surface area (Å²) in [6, 6.07) is 12.6. The molecule has 0 fully saturated rings. The Kier molecular flexibility index (Phi) is 4.09. The lowest BCUT2D eigenvalue weighted by Crippen LogP contribution is -1.65. The molecule has 3 aromatic rings. The van der Waals surface area contributed by atoms with Crippen molar-refractivity contribution in [3.63, 3.8) is 0 Å². The van der Waals surface area contributed by atoms with E-state index in [0.29, 0.717) is 0 Å². The van der Waals surface area contributed by atoms with E-state index < -0.39 is 0 Å². The van der Waals surface area contributed by atoms with E-state index in [-0.39, 0.29) is 0 Å². The molecule has 3 heteroatoms. The van der Waals surface area contributed by atoms with Gasteiger partial charge in [-0.2, -0.15) is 0 Å². The molecule has 3 heterocycles. The zero-order valence-corrected chi connectivity index (χ0v) is 14.9. The molecule has 0 spiro atoms. The highest BCUT2D eigenvalue weighted by Crippen LogP contribution is 2.39. The molecule has 0 amide bonds. The minimum Gasteiger partial charge on any atom is -0.134 e. The summed E-state index contributed by atoms with van der Waals surface area (Å²) in [5.41, 5.74) is 4.03. The van der Waals surface area contributed by atoms with Crippen molar-refractivity contribution in [2.45, 2.75) is 0 Å². The Bertz CT molecular complexity index is 1100. The smallest absolute Gasteiger partial charge is 0.0779 e. The third-order valence-electron chi connectivity index (χ3n) is 3.36. The number of terminal acetylenes is 1. The minimum atomic E-state index is 0.936. The average Bonchev–Trinajstić information content (AvgIpc) is 3.40. The summed E-state index contributed by atoms with van der Waals surface area (Å²) in [6.45, 7) is 0. The summed E-state index contributed by atoms with van der Waals surface area (Å²) >= 11 is 5.17. The molecule has 0 atom stereocenters. The van der Waals surface area contributed by atoms with Crippen LogP contribution in [-0.2, 0) is 0 Å². The third-order valence-corrected chi connectivity index (χ3v) is 6.86. The summed E-state index contributed by atoms with van der Waals surface area (Å²) in [5.74, 6) is 9.04. The van der Waals surface area contributed by atoms with E-state index in [9.17, 15) is 0 Å². The van der Waals surface area contributed by atoms with Gasteiger partial charge >= 0.3 is 0 Å². The molecule has 1 aliphatic rings. The van der Waals surface area contributed by atoms with Crippen LogP contribution in [0.15, 0.2) is 65.9 Å². The average molecular weight is 359 g/mol.